The Bertz CT molecular complexity index is 617. The minimum Gasteiger partial charge on any atom is -0.477 e. The average molecular weight is 259 g/mol. The smallest absolute Gasteiger partial charge is 0.341 e. The van der Waals surface area contributed by atoms with Crippen LogP contribution >= 0.6 is 0 Å². The summed E-state index contributed by atoms with van der Waals surface area (Å²) < 4.78 is 1.41. The van der Waals surface area contributed by atoms with Gasteiger partial charge in [-0.1, -0.05) is 24.3 Å². The van der Waals surface area contributed by atoms with Crippen LogP contribution in [-0.4, -0.2) is 20.9 Å². The van der Waals surface area contributed by atoms with Gasteiger partial charge in [-0.15, -0.1) is 0 Å². The van der Waals surface area contributed by atoms with Crippen LogP contribution in [0.15, 0.2) is 24.3 Å². The summed E-state index contributed by atoms with van der Waals surface area (Å²) in [6.45, 7) is 2.04. The molecule has 1 aromatic carbocycles. The zero-order valence-electron chi connectivity index (χ0n) is 11.1. The summed E-state index contributed by atoms with van der Waals surface area (Å²) in [6, 6.07) is 8.05. The molecule has 2 aromatic rings. The van der Waals surface area contributed by atoms with E-state index in [1.54, 1.807) is 7.05 Å². The molecule has 3 N–H and O–H groups in total. The van der Waals surface area contributed by atoms with Crippen LogP contribution in [0.4, 0.5) is 5.82 Å². The summed E-state index contributed by atoms with van der Waals surface area (Å²) in [7, 11) is 1.65. The topological polar surface area (TPSA) is 81.1 Å². The molecular weight excluding hydrogens is 242 g/mol. The summed E-state index contributed by atoms with van der Waals surface area (Å²) in [5.41, 5.74) is 8.78. The van der Waals surface area contributed by atoms with Crippen LogP contribution in [0.1, 0.15) is 27.2 Å². The van der Waals surface area contributed by atoms with Gasteiger partial charge in [0.15, 0.2) is 0 Å². The van der Waals surface area contributed by atoms with Crippen molar-refractivity contribution in [1.29, 1.82) is 0 Å². The largest absolute Gasteiger partial charge is 0.477 e. The van der Waals surface area contributed by atoms with Crippen LogP contribution in [0.3, 0.4) is 0 Å². The molecule has 0 bridgehead atoms. The van der Waals surface area contributed by atoms with Gasteiger partial charge in [0.25, 0.3) is 0 Å². The van der Waals surface area contributed by atoms with Gasteiger partial charge < -0.3 is 10.8 Å². The highest BCUT2D eigenvalue weighted by Gasteiger charge is 2.19. The molecule has 5 heteroatoms. The molecular formula is C14H17N3O2. The van der Waals surface area contributed by atoms with E-state index in [1.165, 1.54) is 15.8 Å². The summed E-state index contributed by atoms with van der Waals surface area (Å²) in [5, 5.41) is 13.4. The third-order valence-corrected chi connectivity index (χ3v) is 3.27. The van der Waals surface area contributed by atoms with E-state index in [4.69, 9.17) is 5.73 Å². The molecule has 1 aromatic heterocycles. The number of hydrogen-bond acceptors (Lipinski definition) is 3. The Morgan fingerprint density at radius 1 is 1.37 bits per heavy atom. The lowest BCUT2D eigenvalue weighted by Gasteiger charge is -2.04. The molecule has 0 aliphatic rings. The monoisotopic (exact) mass is 259 g/mol. The summed E-state index contributed by atoms with van der Waals surface area (Å²) >= 11 is 0. The lowest BCUT2D eigenvalue weighted by molar-refractivity contribution is 0.0697. The summed E-state index contributed by atoms with van der Waals surface area (Å²) in [5.74, 6) is -0.822. The van der Waals surface area contributed by atoms with Crippen molar-refractivity contribution < 1.29 is 9.90 Å². The molecule has 0 aliphatic carbocycles. The van der Waals surface area contributed by atoms with Gasteiger partial charge in [0.1, 0.15) is 11.4 Å². The fourth-order valence-electron chi connectivity index (χ4n) is 2.15. The number of aromatic carboxylic acids is 1. The van der Waals surface area contributed by atoms with Crippen LogP contribution in [0.2, 0.25) is 0 Å². The molecule has 0 radical (unpaired) electrons. The lowest BCUT2D eigenvalue weighted by atomic mass is 10.0. The van der Waals surface area contributed by atoms with E-state index in [0.717, 1.165) is 6.42 Å². The molecule has 5 nitrogen and oxygen atoms in total. The van der Waals surface area contributed by atoms with Crippen molar-refractivity contribution >= 4 is 11.8 Å². The van der Waals surface area contributed by atoms with E-state index >= 15 is 0 Å². The summed E-state index contributed by atoms with van der Waals surface area (Å²) in [6.07, 6.45) is 1.32. The number of carboxylic acids is 1. The van der Waals surface area contributed by atoms with Gasteiger partial charge in [-0.2, -0.15) is 5.10 Å². The number of aromatic nitrogens is 2. The van der Waals surface area contributed by atoms with Crippen LogP contribution in [0.25, 0.3) is 0 Å². The van der Waals surface area contributed by atoms with Crippen molar-refractivity contribution in [3.63, 3.8) is 0 Å². The van der Waals surface area contributed by atoms with Gasteiger partial charge in [-0.25, -0.2) is 4.79 Å². The first-order chi connectivity index (χ1) is 9.00. The molecule has 0 saturated heterocycles. The molecule has 19 heavy (non-hydrogen) atoms. The normalized spacial score (nSPS) is 10.6. The van der Waals surface area contributed by atoms with Gasteiger partial charge in [-0.3, -0.25) is 4.68 Å². The summed E-state index contributed by atoms with van der Waals surface area (Å²) in [4.78, 5) is 11.2. The first-order valence-electron chi connectivity index (χ1n) is 6.10. The third-order valence-electron chi connectivity index (χ3n) is 3.27. The highest BCUT2D eigenvalue weighted by molar-refractivity contribution is 5.94. The maximum Gasteiger partial charge on any atom is 0.341 e. The number of carboxylic acid groups (broad SMARTS) is 1. The first-order valence-corrected chi connectivity index (χ1v) is 6.10. The number of aryl methyl sites for hydroxylation is 4. The predicted octanol–water partition coefficient (Wildman–Crippen LogP) is 1.79. The minimum absolute atomic E-state index is 0.121. The molecule has 2 rings (SSSR count). The van der Waals surface area contributed by atoms with Crippen molar-refractivity contribution in [3.05, 3.63) is 46.6 Å². The molecule has 1 heterocycles. The fraction of sp³-hybridized carbons (Fsp3) is 0.286. The van der Waals surface area contributed by atoms with Crippen molar-refractivity contribution in [2.24, 2.45) is 7.05 Å². The van der Waals surface area contributed by atoms with Gasteiger partial charge in [0.2, 0.25) is 0 Å². The number of nitrogen functional groups attached to an aromatic ring is 1. The van der Waals surface area contributed by atoms with Crippen LogP contribution < -0.4 is 5.73 Å². The fourth-order valence-corrected chi connectivity index (χ4v) is 2.15. The quantitative estimate of drug-likeness (QED) is 0.877. The second kappa shape index (κ2) is 5.14. The van der Waals surface area contributed by atoms with Crippen LogP contribution in [0.5, 0.6) is 0 Å². The standard InChI is InChI=1S/C14H17N3O2/c1-9-5-3-4-6-10(9)7-8-11-12(14(18)19)13(15)17(2)16-11/h3-6H,7-8,15H2,1-2H3,(H,18,19). The molecule has 0 spiro atoms. The van der Waals surface area contributed by atoms with E-state index in [2.05, 4.69) is 5.10 Å². The van der Waals surface area contributed by atoms with Crippen LogP contribution in [-0.2, 0) is 19.9 Å². The second-order valence-electron chi connectivity index (χ2n) is 4.56. The molecule has 0 saturated carbocycles. The van der Waals surface area contributed by atoms with Crippen LogP contribution in [0, 0.1) is 6.92 Å². The number of benzene rings is 1. The molecule has 100 valence electrons. The van der Waals surface area contributed by atoms with E-state index < -0.39 is 5.97 Å². The number of carbonyl (C=O) groups is 1. The van der Waals surface area contributed by atoms with Gasteiger partial charge >= 0.3 is 5.97 Å². The Kier molecular flexibility index (Phi) is 3.55. The molecule has 0 fully saturated rings. The van der Waals surface area contributed by atoms with Gasteiger partial charge in [0, 0.05) is 7.05 Å². The Labute approximate surface area is 111 Å². The zero-order chi connectivity index (χ0) is 14.0. The number of nitrogens with zero attached hydrogens (tertiary/aromatic N) is 2. The van der Waals surface area contributed by atoms with Crippen molar-refractivity contribution in [2.75, 3.05) is 5.73 Å². The zero-order valence-corrected chi connectivity index (χ0v) is 11.1. The van der Waals surface area contributed by atoms with Gasteiger partial charge in [0.05, 0.1) is 5.69 Å². The number of nitrogens with two attached hydrogens (primary N) is 1. The lowest BCUT2D eigenvalue weighted by Crippen LogP contribution is -2.05. The van der Waals surface area contributed by atoms with Crippen molar-refractivity contribution in [1.82, 2.24) is 9.78 Å². The van der Waals surface area contributed by atoms with Crippen molar-refractivity contribution in [2.45, 2.75) is 19.8 Å². The van der Waals surface area contributed by atoms with Gasteiger partial charge in [-0.05, 0) is 30.9 Å². The Balaban J connectivity index is 2.23. The highest BCUT2D eigenvalue weighted by Crippen LogP contribution is 2.18. The first kappa shape index (κ1) is 13.1. The van der Waals surface area contributed by atoms with E-state index in [1.807, 2.05) is 31.2 Å². The molecule has 0 unspecified atom stereocenters. The maximum absolute atomic E-state index is 11.2. The Hall–Kier alpha value is -2.30. The third kappa shape index (κ3) is 2.59. The average Bonchev–Trinajstić information content (AvgIpc) is 2.64. The van der Waals surface area contributed by atoms with E-state index in [9.17, 15) is 9.90 Å². The van der Waals surface area contributed by atoms with E-state index in [-0.39, 0.29) is 11.4 Å². The Morgan fingerprint density at radius 3 is 2.68 bits per heavy atom. The molecule has 0 amide bonds. The Morgan fingerprint density at radius 2 is 2.05 bits per heavy atom. The number of hydrogen-bond donors (Lipinski definition) is 2. The maximum atomic E-state index is 11.2. The van der Waals surface area contributed by atoms with E-state index in [0.29, 0.717) is 12.1 Å². The predicted molar refractivity (Wildman–Crippen MR) is 73.2 cm³/mol. The molecule has 0 atom stereocenters. The SMILES string of the molecule is Cc1ccccc1CCc1nn(C)c(N)c1C(=O)O. The second-order valence-corrected chi connectivity index (χ2v) is 4.56. The van der Waals surface area contributed by atoms with Crippen molar-refractivity contribution in [3.8, 4) is 0 Å². The number of anilines is 1. The minimum atomic E-state index is -1.02. The molecule has 0 aliphatic heterocycles. The number of rotatable bonds is 4. The highest BCUT2D eigenvalue weighted by atomic mass is 16.4.